The summed E-state index contributed by atoms with van der Waals surface area (Å²) < 4.78 is 32.5. The summed E-state index contributed by atoms with van der Waals surface area (Å²) >= 11 is 0. The van der Waals surface area contributed by atoms with Crippen molar-refractivity contribution in [2.24, 2.45) is 5.92 Å². The van der Waals surface area contributed by atoms with Crippen LogP contribution in [0.1, 0.15) is 175 Å². The molecular weight excluding hydrogens is 747 g/mol. The fourth-order valence-electron chi connectivity index (χ4n) is 5.72. The van der Waals surface area contributed by atoms with Crippen molar-refractivity contribution in [1.29, 1.82) is 0 Å². The zero-order valence-electron chi connectivity index (χ0n) is 35.7. The van der Waals surface area contributed by atoms with E-state index in [1.165, 1.54) is 89.5 Å². The van der Waals surface area contributed by atoms with Gasteiger partial charge >= 0.3 is 19.8 Å². The van der Waals surface area contributed by atoms with Gasteiger partial charge in [-0.05, 0) is 50.5 Å². The third-order valence-corrected chi connectivity index (χ3v) is 10.1. The molecule has 3 N–H and O–H groups in total. The molecule has 0 radical (unpaired) electrons. The highest BCUT2D eigenvalue weighted by Crippen LogP contribution is 2.43. The van der Waals surface area contributed by atoms with Gasteiger partial charge in [-0.3, -0.25) is 23.4 Å². The molecule has 0 rings (SSSR count). The van der Waals surface area contributed by atoms with E-state index in [9.17, 15) is 28.9 Å². The van der Waals surface area contributed by atoms with Gasteiger partial charge in [-0.2, -0.15) is 0 Å². The van der Waals surface area contributed by atoms with Crippen LogP contribution in [-0.2, 0) is 37.5 Å². The molecule has 0 spiro atoms. The first-order valence-corrected chi connectivity index (χ1v) is 23.4. The Hall–Kier alpha value is -2.40. The minimum absolute atomic E-state index is 0.105. The lowest BCUT2D eigenvalue weighted by atomic mass is 10.0. The van der Waals surface area contributed by atoms with Gasteiger partial charge in [-0.15, -0.1) is 0 Å². The molecule has 3 atom stereocenters. The Balaban J connectivity index is 4.48. The van der Waals surface area contributed by atoms with Gasteiger partial charge in [-0.1, -0.05) is 160 Å². The lowest BCUT2D eigenvalue weighted by Crippen LogP contribution is -2.30. The summed E-state index contributed by atoms with van der Waals surface area (Å²) in [4.78, 5) is 47.2. The number of ketones is 1. The topological polar surface area (TPSA) is 166 Å². The number of aliphatic hydroxyl groups excluding tert-OH is 2. The molecule has 11 nitrogen and oxygen atoms in total. The van der Waals surface area contributed by atoms with Crippen molar-refractivity contribution in [3.8, 4) is 0 Å². The van der Waals surface area contributed by atoms with Crippen LogP contribution in [0.2, 0.25) is 0 Å². The highest BCUT2D eigenvalue weighted by atomic mass is 31.2. The maximum atomic E-state index is 12.6. The SMILES string of the molecule is CCCCC/C=C\C/C=C\C/C=C\C=C\C(=O)CCCC(=O)O[C@H](COC(=O)CCCCCCCCCCCCCCCC(C)C)COP(=O)(O)OC[C@@H](O)CO. The van der Waals surface area contributed by atoms with Crippen LogP contribution < -0.4 is 0 Å². The number of rotatable bonds is 40. The molecule has 0 amide bonds. The van der Waals surface area contributed by atoms with E-state index >= 15 is 0 Å². The second kappa shape index (κ2) is 39.1. The second-order valence-electron chi connectivity index (χ2n) is 15.2. The number of unbranched alkanes of at least 4 members (excludes halogenated alkanes) is 15. The largest absolute Gasteiger partial charge is 0.472 e. The smallest absolute Gasteiger partial charge is 0.462 e. The molecule has 12 heteroatoms. The average molecular weight is 827 g/mol. The number of hydrogen-bond acceptors (Lipinski definition) is 10. The molecule has 0 bridgehead atoms. The molecule has 57 heavy (non-hydrogen) atoms. The first kappa shape index (κ1) is 54.6. The van der Waals surface area contributed by atoms with Gasteiger partial charge in [0, 0.05) is 19.3 Å². The van der Waals surface area contributed by atoms with Crippen LogP contribution in [0.5, 0.6) is 0 Å². The third kappa shape index (κ3) is 40.2. The summed E-state index contributed by atoms with van der Waals surface area (Å²) in [5.74, 6) is -0.523. The molecular formula is C45H79O11P. The highest BCUT2D eigenvalue weighted by Gasteiger charge is 2.27. The standard InChI is InChI=1S/C45H79O11P/c1-4-5-6-7-8-9-10-12-16-19-22-25-28-32-41(47)33-30-35-45(50)56-43(39-55-57(51,52)54-37-42(48)36-46)38-53-44(49)34-29-26-23-20-17-14-11-13-15-18-21-24-27-31-40(2)3/h8-9,12,16,22,25,28,32,40,42-43,46,48H,4-7,10-11,13-15,17-21,23-24,26-27,29-31,33-39H2,1-3H3,(H,51,52)/b9-8-,16-12-,25-22-,32-28+/t42-,43+/m0/s1. The summed E-state index contributed by atoms with van der Waals surface area (Å²) in [5.41, 5.74) is 0. The summed E-state index contributed by atoms with van der Waals surface area (Å²) in [6.07, 6.45) is 36.6. The van der Waals surface area contributed by atoms with Crippen LogP contribution in [0, 0.1) is 5.92 Å². The number of phosphoric acid groups is 1. The van der Waals surface area contributed by atoms with Crippen LogP contribution in [-0.4, -0.2) is 71.5 Å². The Bertz CT molecular complexity index is 1160. The number of allylic oxidation sites excluding steroid dienone is 8. The van der Waals surface area contributed by atoms with E-state index in [-0.39, 0.29) is 31.5 Å². The van der Waals surface area contributed by atoms with Crippen molar-refractivity contribution in [2.75, 3.05) is 26.4 Å². The van der Waals surface area contributed by atoms with Crippen molar-refractivity contribution in [1.82, 2.24) is 0 Å². The summed E-state index contributed by atoms with van der Waals surface area (Å²) in [6.45, 7) is 4.40. The van der Waals surface area contributed by atoms with E-state index in [2.05, 4.69) is 49.6 Å². The Morgan fingerprint density at radius 3 is 1.81 bits per heavy atom. The number of esters is 2. The molecule has 0 aliphatic rings. The average Bonchev–Trinajstić information content (AvgIpc) is 3.18. The third-order valence-electron chi connectivity index (χ3n) is 9.14. The van der Waals surface area contributed by atoms with Gasteiger partial charge < -0.3 is 24.6 Å². The number of carbonyl (C=O) groups excluding carboxylic acids is 3. The van der Waals surface area contributed by atoms with Crippen molar-refractivity contribution in [3.05, 3.63) is 48.6 Å². The van der Waals surface area contributed by atoms with Gasteiger partial charge in [-0.25, -0.2) is 4.57 Å². The minimum Gasteiger partial charge on any atom is -0.462 e. The molecule has 0 fully saturated rings. The monoisotopic (exact) mass is 827 g/mol. The molecule has 0 aromatic heterocycles. The molecule has 1 unspecified atom stereocenters. The maximum Gasteiger partial charge on any atom is 0.472 e. The Morgan fingerprint density at radius 2 is 1.19 bits per heavy atom. The van der Waals surface area contributed by atoms with E-state index in [1.54, 1.807) is 12.2 Å². The summed E-state index contributed by atoms with van der Waals surface area (Å²) in [6, 6.07) is 0. The molecule has 0 saturated carbocycles. The van der Waals surface area contributed by atoms with Gasteiger partial charge in [0.05, 0.1) is 19.8 Å². The number of hydrogen-bond donors (Lipinski definition) is 3. The zero-order chi connectivity index (χ0) is 42.2. The van der Waals surface area contributed by atoms with Gasteiger partial charge in [0.15, 0.2) is 11.9 Å². The maximum absolute atomic E-state index is 12.6. The van der Waals surface area contributed by atoms with Crippen LogP contribution in [0.4, 0.5) is 0 Å². The van der Waals surface area contributed by atoms with Gasteiger partial charge in [0.2, 0.25) is 0 Å². The number of carbonyl (C=O) groups is 3. The summed E-state index contributed by atoms with van der Waals surface area (Å²) in [7, 11) is -4.68. The molecule has 0 aliphatic heterocycles. The molecule has 0 aliphatic carbocycles. The van der Waals surface area contributed by atoms with Crippen LogP contribution in [0.15, 0.2) is 48.6 Å². The van der Waals surface area contributed by atoms with Crippen LogP contribution >= 0.6 is 7.82 Å². The van der Waals surface area contributed by atoms with Crippen LogP contribution in [0.25, 0.3) is 0 Å². The lowest BCUT2D eigenvalue weighted by molar-refractivity contribution is -0.161. The quantitative estimate of drug-likeness (QED) is 0.0134. The number of phosphoric ester groups is 1. The second-order valence-corrected chi connectivity index (χ2v) is 16.7. The van der Waals surface area contributed by atoms with E-state index in [1.807, 2.05) is 6.08 Å². The summed E-state index contributed by atoms with van der Waals surface area (Å²) in [5, 5.41) is 18.3. The predicted octanol–water partition coefficient (Wildman–Crippen LogP) is 10.8. The highest BCUT2D eigenvalue weighted by molar-refractivity contribution is 7.47. The molecule has 0 saturated heterocycles. The first-order chi connectivity index (χ1) is 27.5. The van der Waals surface area contributed by atoms with E-state index in [4.69, 9.17) is 19.1 Å². The van der Waals surface area contributed by atoms with Crippen molar-refractivity contribution < 1.29 is 52.6 Å². The minimum atomic E-state index is -4.68. The van der Waals surface area contributed by atoms with Crippen molar-refractivity contribution in [2.45, 2.75) is 187 Å². The van der Waals surface area contributed by atoms with Gasteiger partial charge in [0.1, 0.15) is 12.7 Å². The molecule has 0 aromatic rings. The Morgan fingerprint density at radius 1 is 0.632 bits per heavy atom. The van der Waals surface area contributed by atoms with E-state index < -0.39 is 58.4 Å². The number of ether oxygens (including phenoxy) is 2. The predicted molar refractivity (Wildman–Crippen MR) is 229 cm³/mol. The Kier molecular flexibility index (Phi) is 37.4. The number of aliphatic hydroxyl groups is 2. The zero-order valence-corrected chi connectivity index (χ0v) is 36.6. The first-order valence-electron chi connectivity index (χ1n) is 21.9. The van der Waals surface area contributed by atoms with Crippen molar-refractivity contribution in [3.63, 3.8) is 0 Å². The van der Waals surface area contributed by atoms with Gasteiger partial charge in [0.25, 0.3) is 0 Å². The normalized spacial score (nSPS) is 14.3. The fourth-order valence-corrected chi connectivity index (χ4v) is 6.51. The van der Waals surface area contributed by atoms with Crippen molar-refractivity contribution >= 4 is 25.5 Å². The van der Waals surface area contributed by atoms with E-state index in [0.717, 1.165) is 44.4 Å². The fraction of sp³-hybridized carbons (Fsp3) is 0.756. The molecule has 0 heterocycles. The lowest BCUT2D eigenvalue weighted by Gasteiger charge is -2.20. The molecule has 0 aromatic carbocycles. The molecule has 330 valence electrons. The van der Waals surface area contributed by atoms with Crippen LogP contribution in [0.3, 0.4) is 0 Å². The Labute approximate surface area is 345 Å². The van der Waals surface area contributed by atoms with E-state index in [0.29, 0.717) is 6.42 Å².